The first-order valence-electron chi connectivity index (χ1n) is 10.3. The minimum absolute atomic E-state index is 0.0136. The lowest BCUT2D eigenvalue weighted by Crippen LogP contribution is -2.51. The number of thioether (sulfide) groups is 1. The van der Waals surface area contributed by atoms with E-state index in [2.05, 4.69) is 36.5 Å². The molecule has 162 valence electrons. The highest BCUT2D eigenvalue weighted by molar-refractivity contribution is 7.99. The quantitative estimate of drug-likeness (QED) is 0.544. The fourth-order valence-electron chi connectivity index (χ4n) is 3.13. The van der Waals surface area contributed by atoms with Crippen LogP contribution in [0.15, 0.2) is 48.5 Å². The number of amides is 2. The molecule has 0 spiro atoms. The number of halogens is 1. The van der Waals surface area contributed by atoms with Crippen molar-refractivity contribution in [2.75, 3.05) is 5.75 Å². The number of carbonyl (C=O) groups excluding carboxylic acids is 2. The minimum Gasteiger partial charge on any atom is -0.352 e. The predicted molar refractivity (Wildman–Crippen MR) is 127 cm³/mol. The molecule has 0 saturated heterocycles. The Labute approximate surface area is 189 Å². The SMILES string of the molecule is CC[C@H](C(=O)NC(C)C)N(Cc1ccccc1Cl)C(=O)CSCc1ccc(C)cc1. The van der Waals surface area contributed by atoms with Crippen LogP contribution in [0.2, 0.25) is 5.02 Å². The highest BCUT2D eigenvalue weighted by Crippen LogP contribution is 2.21. The van der Waals surface area contributed by atoms with E-state index in [1.807, 2.05) is 39.0 Å². The Balaban J connectivity index is 2.13. The van der Waals surface area contributed by atoms with E-state index >= 15 is 0 Å². The lowest BCUT2D eigenvalue weighted by molar-refractivity contribution is -0.139. The van der Waals surface area contributed by atoms with Gasteiger partial charge in [-0.05, 0) is 44.4 Å². The number of hydrogen-bond donors (Lipinski definition) is 1. The Morgan fingerprint density at radius 1 is 1.10 bits per heavy atom. The van der Waals surface area contributed by atoms with Crippen molar-refractivity contribution >= 4 is 35.2 Å². The van der Waals surface area contributed by atoms with Crippen LogP contribution in [0.4, 0.5) is 0 Å². The zero-order valence-corrected chi connectivity index (χ0v) is 19.7. The van der Waals surface area contributed by atoms with Crippen molar-refractivity contribution < 1.29 is 9.59 Å². The van der Waals surface area contributed by atoms with Crippen molar-refractivity contribution in [2.24, 2.45) is 0 Å². The molecule has 0 fully saturated rings. The molecule has 4 nitrogen and oxygen atoms in total. The van der Waals surface area contributed by atoms with Crippen LogP contribution in [0, 0.1) is 6.92 Å². The van der Waals surface area contributed by atoms with Crippen LogP contribution < -0.4 is 5.32 Å². The van der Waals surface area contributed by atoms with E-state index in [0.717, 1.165) is 11.3 Å². The van der Waals surface area contributed by atoms with E-state index in [4.69, 9.17) is 11.6 Å². The van der Waals surface area contributed by atoms with Crippen LogP contribution in [0.3, 0.4) is 0 Å². The molecule has 2 amide bonds. The molecule has 0 bridgehead atoms. The third-order valence-electron chi connectivity index (χ3n) is 4.73. The molecule has 1 N–H and O–H groups in total. The molecule has 2 rings (SSSR count). The summed E-state index contributed by atoms with van der Waals surface area (Å²) < 4.78 is 0. The molecular formula is C24H31ClN2O2S. The van der Waals surface area contributed by atoms with Crippen LogP contribution in [-0.4, -0.2) is 34.6 Å². The second-order valence-corrected chi connectivity index (χ2v) is 9.07. The van der Waals surface area contributed by atoms with Crippen LogP contribution in [0.1, 0.15) is 43.9 Å². The zero-order valence-electron chi connectivity index (χ0n) is 18.2. The number of rotatable bonds is 10. The molecule has 0 unspecified atom stereocenters. The largest absolute Gasteiger partial charge is 0.352 e. The minimum atomic E-state index is -0.531. The van der Waals surface area contributed by atoms with Crippen LogP contribution in [-0.2, 0) is 21.9 Å². The van der Waals surface area contributed by atoms with E-state index in [-0.39, 0.29) is 17.9 Å². The summed E-state index contributed by atoms with van der Waals surface area (Å²) in [5, 5.41) is 3.54. The van der Waals surface area contributed by atoms with Crippen LogP contribution in [0.25, 0.3) is 0 Å². The molecule has 1 atom stereocenters. The van der Waals surface area contributed by atoms with Crippen molar-refractivity contribution in [3.05, 3.63) is 70.2 Å². The molecular weight excluding hydrogens is 416 g/mol. The number of carbonyl (C=O) groups is 2. The fourth-order valence-corrected chi connectivity index (χ4v) is 4.20. The smallest absolute Gasteiger partial charge is 0.243 e. The summed E-state index contributed by atoms with van der Waals surface area (Å²) >= 11 is 7.90. The highest BCUT2D eigenvalue weighted by atomic mass is 35.5. The predicted octanol–water partition coefficient (Wildman–Crippen LogP) is 5.21. The lowest BCUT2D eigenvalue weighted by Gasteiger charge is -2.31. The summed E-state index contributed by atoms with van der Waals surface area (Å²) in [7, 11) is 0. The van der Waals surface area contributed by atoms with Gasteiger partial charge in [0.15, 0.2) is 0 Å². The monoisotopic (exact) mass is 446 g/mol. The Kier molecular flexibility index (Phi) is 9.73. The van der Waals surface area contributed by atoms with E-state index in [1.54, 1.807) is 22.7 Å². The lowest BCUT2D eigenvalue weighted by atomic mass is 10.1. The van der Waals surface area contributed by atoms with E-state index in [9.17, 15) is 9.59 Å². The van der Waals surface area contributed by atoms with E-state index in [1.165, 1.54) is 11.1 Å². The van der Waals surface area contributed by atoms with Gasteiger partial charge in [0.2, 0.25) is 11.8 Å². The van der Waals surface area contributed by atoms with Crippen molar-refractivity contribution in [2.45, 2.75) is 58.5 Å². The standard InChI is InChI=1S/C24H31ClN2O2S/c1-5-22(24(29)26-17(2)3)27(14-20-8-6-7-9-21(20)25)23(28)16-30-15-19-12-10-18(4)11-13-19/h6-13,17,22H,5,14-16H2,1-4H3,(H,26,29)/t22-/m1/s1. The number of nitrogens with zero attached hydrogens (tertiary/aromatic N) is 1. The van der Waals surface area contributed by atoms with Gasteiger partial charge in [0, 0.05) is 23.4 Å². The normalized spacial score (nSPS) is 11.9. The van der Waals surface area contributed by atoms with E-state index in [0.29, 0.717) is 23.7 Å². The Hall–Kier alpha value is -1.98. The topological polar surface area (TPSA) is 49.4 Å². The Morgan fingerprint density at radius 3 is 2.37 bits per heavy atom. The summed E-state index contributed by atoms with van der Waals surface area (Å²) in [4.78, 5) is 27.6. The maximum atomic E-state index is 13.2. The van der Waals surface area contributed by atoms with Gasteiger partial charge in [-0.15, -0.1) is 11.8 Å². The number of benzene rings is 2. The maximum Gasteiger partial charge on any atom is 0.243 e. The molecule has 2 aromatic rings. The zero-order chi connectivity index (χ0) is 22.1. The second-order valence-electron chi connectivity index (χ2n) is 7.68. The molecule has 0 aliphatic heterocycles. The first-order valence-corrected chi connectivity index (χ1v) is 11.8. The molecule has 2 aromatic carbocycles. The van der Waals surface area contributed by atoms with Crippen LogP contribution in [0.5, 0.6) is 0 Å². The van der Waals surface area contributed by atoms with Gasteiger partial charge in [-0.1, -0.05) is 66.6 Å². The average Bonchev–Trinajstić information content (AvgIpc) is 2.70. The molecule has 0 aliphatic carbocycles. The van der Waals surface area contributed by atoms with Gasteiger partial charge in [-0.25, -0.2) is 0 Å². The van der Waals surface area contributed by atoms with Crippen molar-refractivity contribution in [1.29, 1.82) is 0 Å². The third kappa shape index (κ3) is 7.37. The summed E-state index contributed by atoms with van der Waals surface area (Å²) in [5.41, 5.74) is 3.24. The first-order chi connectivity index (χ1) is 14.3. The van der Waals surface area contributed by atoms with Gasteiger partial charge in [0.05, 0.1) is 5.75 Å². The number of nitrogens with one attached hydrogen (secondary N) is 1. The molecule has 30 heavy (non-hydrogen) atoms. The molecule has 0 radical (unpaired) electrons. The molecule has 0 heterocycles. The van der Waals surface area contributed by atoms with Gasteiger partial charge in [-0.2, -0.15) is 0 Å². The fraction of sp³-hybridized carbons (Fsp3) is 0.417. The summed E-state index contributed by atoms with van der Waals surface area (Å²) in [5.74, 6) is 0.874. The summed E-state index contributed by atoms with van der Waals surface area (Å²) in [6, 6.07) is 15.3. The second kappa shape index (κ2) is 12.0. The van der Waals surface area contributed by atoms with E-state index < -0.39 is 6.04 Å². The highest BCUT2D eigenvalue weighted by Gasteiger charge is 2.29. The molecule has 0 saturated carbocycles. The maximum absolute atomic E-state index is 13.2. The van der Waals surface area contributed by atoms with Crippen molar-refractivity contribution in [1.82, 2.24) is 10.2 Å². The first kappa shape index (κ1) is 24.3. The number of hydrogen-bond acceptors (Lipinski definition) is 3. The molecule has 0 aromatic heterocycles. The number of aryl methyl sites for hydroxylation is 1. The van der Waals surface area contributed by atoms with Crippen molar-refractivity contribution in [3.8, 4) is 0 Å². The molecule has 6 heteroatoms. The van der Waals surface area contributed by atoms with Gasteiger partial charge >= 0.3 is 0 Å². The van der Waals surface area contributed by atoms with Gasteiger partial charge < -0.3 is 10.2 Å². The van der Waals surface area contributed by atoms with Gasteiger partial charge in [0.25, 0.3) is 0 Å². The third-order valence-corrected chi connectivity index (χ3v) is 6.09. The van der Waals surface area contributed by atoms with Crippen molar-refractivity contribution in [3.63, 3.8) is 0 Å². The summed E-state index contributed by atoms with van der Waals surface area (Å²) in [6.45, 7) is 8.13. The Morgan fingerprint density at radius 2 is 1.77 bits per heavy atom. The van der Waals surface area contributed by atoms with Crippen LogP contribution >= 0.6 is 23.4 Å². The van der Waals surface area contributed by atoms with Gasteiger partial charge in [0.1, 0.15) is 6.04 Å². The average molecular weight is 447 g/mol. The summed E-state index contributed by atoms with van der Waals surface area (Å²) in [6.07, 6.45) is 0.539. The van der Waals surface area contributed by atoms with Gasteiger partial charge in [-0.3, -0.25) is 9.59 Å². The Bertz CT molecular complexity index is 839. The molecule has 0 aliphatic rings.